The average Bonchev–Trinajstić information content (AvgIpc) is 2.95. The van der Waals surface area contributed by atoms with E-state index in [9.17, 15) is 4.79 Å². The van der Waals surface area contributed by atoms with Gasteiger partial charge in [0.15, 0.2) is 11.6 Å². The van der Waals surface area contributed by atoms with Gasteiger partial charge in [0, 0.05) is 41.4 Å². The van der Waals surface area contributed by atoms with Crippen molar-refractivity contribution in [3.63, 3.8) is 0 Å². The third kappa shape index (κ3) is 4.48. The van der Waals surface area contributed by atoms with Crippen molar-refractivity contribution in [2.75, 3.05) is 12.8 Å². The molecule has 3 rings (SSSR count). The van der Waals surface area contributed by atoms with Crippen LogP contribution in [0.3, 0.4) is 0 Å². The van der Waals surface area contributed by atoms with E-state index in [2.05, 4.69) is 16.7 Å². The number of fused-ring (bicyclic) bond motifs is 1. The number of allylic oxidation sites excluding steroid dienone is 2. The molecule has 0 aliphatic carbocycles. The molecule has 31 heavy (non-hydrogen) atoms. The largest absolute Gasteiger partial charge is 0.493 e. The molecule has 3 aromatic rings. The summed E-state index contributed by atoms with van der Waals surface area (Å²) in [5.74, 6) is 0.743. The Bertz CT molecular complexity index is 1260. The fraction of sp³-hybridized carbons (Fsp3) is 0.238. The number of nitrogen functional groups attached to an aromatic ring is 1. The molecule has 0 fully saturated rings. The number of nitrogens with one attached hydrogen (secondary N) is 1. The molecular formula is C21H25N7O2S. The number of hydrogen-bond acceptors (Lipinski definition) is 8. The van der Waals surface area contributed by atoms with Gasteiger partial charge in [-0.25, -0.2) is 9.67 Å². The lowest BCUT2D eigenvalue weighted by Crippen LogP contribution is -2.25. The van der Waals surface area contributed by atoms with Crippen molar-refractivity contribution in [2.45, 2.75) is 24.8 Å². The maximum Gasteiger partial charge on any atom is 0.291 e. The molecule has 10 heteroatoms. The molecule has 0 unspecified atom stereocenters. The summed E-state index contributed by atoms with van der Waals surface area (Å²) in [4.78, 5) is 19.2. The zero-order valence-electron chi connectivity index (χ0n) is 17.7. The molecule has 3 heterocycles. The van der Waals surface area contributed by atoms with Gasteiger partial charge in [-0.05, 0) is 30.0 Å². The quantitative estimate of drug-likeness (QED) is 0.362. The van der Waals surface area contributed by atoms with Gasteiger partial charge in [0.2, 0.25) is 0 Å². The Labute approximate surface area is 183 Å². The summed E-state index contributed by atoms with van der Waals surface area (Å²) < 4.78 is 8.35. The van der Waals surface area contributed by atoms with Crippen LogP contribution in [0.4, 0.5) is 5.82 Å². The van der Waals surface area contributed by atoms with Crippen molar-refractivity contribution in [2.24, 2.45) is 12.8 Å². The zero-order valence-corrected chi connectivity index (χ0v) is 18.5. The van der Waals surface area contributed by atoms with Gasteiger partial charge in [-0.2, -0.15) is 5.10 Å². The van der Waals surface area contributed by atoms with Gasteiger partial charge < -0.3 is 26.2 Å². The van der Waals surface area contributed by atoms with Crippen LogP contribution in [0, 0.1) is 12.3 Å². The van der Waals surface area contributed by atoms with Gasteiger partial charge in [0.1, 0.15) is 5.52 Å². The Morgan fingerprint density at radius 3 is 2.81 bits per heavy atom. The van der Waals surface area contributed by atoms with E-state index in [-0.39, 0.29) is 17.9 Å². The lowest BCUT2D eigenvalue weighted by atomic mass is 10.3. The molecule has 0 bridgehead atoms. The van der Waals surface area contributed by atoms with Crippen LogP contribution in [0.25, 0.3) is 10.9 Å². The maximum absolute atomic E-state index is 13.2. The number of methoxy groups -OCH3 is 1. The Morgan fingerprint density at radius 1 is 1.42 bits per heavy atom. The number of nitrogens with two attached hydrogens (primary N) is 2. The van der Waals surface area contributed by atoms with Gasteiger partial charge in [0.25, 0.3) is 5.56 Å². The second-order valence-corrected chi connectivity index (χ2v) is 8.15. The molecule has 0 aromatic carbocycles. The van der Waals surface area contributed by atoms with E-state index < -0.39 is 0 Å². The Hall–Kier alpha value is -3.53. The van der Waals surface area contributed by atoms with Crippen LogP contribution in [0.2, 0.25) is 0 Å². The first kappa shape index (κ1) is 22.2. The molecule has 0 aliphatic heterocycles. The van der Waals surface area contributed by atoms with Gasteiger partial charge >= 0.3 is 0 Å². The summed E-state index contributed by atoms with van der Waals surface area (Å²) in [6.45, 7) is 6.21. The smallest absolute Gasteiger partial charge is 0.291 e. The van der Waals surface area contributed by atoms with Crippen molar-refractivity contribution < 1.29 is 4.74 Å². The number of thioether (sulfide) groups is 1. The van der Waals surface area contributed by atoms with Crippen LogP contribution in [-0.2, 0) is 13.6 Å². The predicted molar refractivity (Wildman–Crippen MR) is 125 cm³/mol. The van der Waals surface area contributed by atoms with E-state index >= 15 is 0 Å². The highest BCUT2D eigenvalue weighted by Crippen LogP contribution is 2.37. The lowest BCUT2D eigenvalue weighted by molar-refractivity contribution is 0.415. The summed E-state index contributed by atoms with van der Waals surface area (Å²) >= 11 is 1.46. The van der Waals surface area contributed by atoms with E-state index in [4.69, 9.17) is 21.6 Å². The lowest BCUT2D eigenvalue weighted by Gasteiger charge is -2.08. The molecule has 0 aliphatic rings. The van der Waals surface area contributed by atoms with Crippen molar-refractivity contribution in [3.8, 4) is 5.75 Å². The SMILES string of the molecule is C=C(CC(N)=CC=N)Sc1c(C)n(C)c2c(=O)n(Cc3ccc(OC)c(N)n3)ncc12. The highest BCUT2D eigenvalue weighted by Gasteiger charge is 2.18. The van der Waals surface area contributed by atoms with Crippen molar-refractivity contribution in [1.82, 2.24) is 19.3 Å². The van der Waals surface area contributed by atoms with Crippen LogP contribution in [-0.4, -0.2) is 32.7 Å². The summed E-state index contributed by atoms with van der Waals surface area (Å²) in [6.07, 6.45) is 4.81. The van der Waals surface area contributed by atoms with Crippen molar-refractivity contribution >= 4 is 34.7 Å². The van der Waals surface area contributed by atoms with Gasteiger partial charge in [-0.1, -0.05) is 18.3 Å². The highest BCUT2D eigenvalue weighted by atomic mass is 32.2. The average molecular weight is 440 g/mol. The van der Waals surface area contributed by atoms with Crippen molar-refractivity contribution in [1.29, 1.82) is 5.41 Å². The highest BCUT2D eigenvalue weighted by molar-refractivity contribution is 8.03. The second-order valence-electron chi connectivity index (χ2n) is 6.96. The third-order valence-electron chi connectivity index (χ3n) is 4.85. The number of aromatic nitrogens is 4. The number of aryl methyl sites for hydroxylation is 1. The zero-order chi connectivity index (χ0) is 22.7. The molecule has 162 valence electrons. The van der Waals surface area contributed by atoms with E-state index in [1.165, 1.54) is 29.6 Å². The van der Waals surface area contributed by atoms with Crippen LogP contribution in [0.15, 0.2) is 51.3 Å². The van der Waals surface area contributed by atoms with Crippen molar-refractivity contribution in [3.05, 3.63) is 63.3 Å². The Balaban J connectivity index is 1.96. The monoisotopic (exact) mass is 439 g/mol. The van der Waals surface area contributed by atoms with Crippen LogP contribution in [0.5, 0.6) is 5.75 Å². The minimum atomic E-state index is -0.222. The predicted octanol–water partition coefficient (Wildman–Crippen LogP) is 2.57. The number of ether oxygens (including phenoxy) is 1. The number of anilines is 1. The van der Waals surface area contributed by atoms with E-state index in [0.29, 0.717) is 29.1 Å². The molecule has 0 saturated carbocycles. The standard InChI is InChI=1S/C21H25N7O2S/c1-12(9-14(23)7-8-22)31-19-13(2)27(3)18-16(19)10-25-28(21(18)29)11-15-5-6-17(30-4)20(24)26-15/h5-8,10,22H,1,9,11,23H2,2-4H3,(H2,24,26). The Morgan fingerprint density at radius 2 is 2.16 bits per heavy atom. The first-order chi connectivity index (χ1) is 14.8. The molecule has 9 nitrogen and oxygen atoms in total. The molecule has 0 amide bonds. The minimum absolute atomic E-state index is 0.188. The van der Waals surface area contributed by atoms with E-state index in [1.54, 1.807) is 18.3 Å². The topological polar surface area (TPSA) is 138 Å². The summed E-state index contributed by atoms with van der Waals surface area (Å²) in [5.41, 5.74) is 14.2. The molecule has 3 aromatic heterocycles. The van der Waals surface area contributed by atoms with Gasteiger partial charge in [-0.3, -0.25) is 4.79 Å². The van der Waals surface area contributed by atoms with Crippen LogP contribution < -0.4 is 21.8 Å². The van der Waals surface area contributed by atoms with Crippen LogP contribution in [0.1, 0.15) is 17.8 Å². The molecule has 0 radical (unpaired) electrons. The molecule has 0 saturated heterocycles. The molecule has 0 spiro atoms. The fourth-order valence-electron chi connectivity index (χ4n) is 3.22. The summed E-state index contributed by atoms with van der Waals surface area (Å²) in [6, 6.07) is 3.47. The second kappa shape index (κ2) is 9.09. The third-order valence-corrected chi connectivity index (χ3v) is 6.00. The summed E-state index contributed by atoms with van der Waals surface area (Å²) in [7, 11) is 3.37. The Kier molecular flexibility index (Phi) is 6.50. The minimum Gasteiger partial charge on any atom is -0.493 e. The van der Waals surface area contributed by atoms with Gasteiger partial charge in [0.05, 0.1) is 25.5 Å². The number of nitrogens with zero attached hydrogens (tertiary/aromatic N) is 4. The fourth-order valence-corrected chi connectivity index (χ4v) is 4.29. The maximum atomic E-state index is 13.2. The van der Waals surface area contributed by atoms with Gasteiger partial charge in [-0.15, -0.1) is 0 Å². The number of hydrogen-bond donors (Lipinski definition) is 3. The number of pyridine rings is 1. The first-order valence-electron chi connectivity index (χ1n) is 9.42. The summed E-state index contributed by atoms with van der Waals surface area (Å²) in [5, 5.41) is 12.2. The normalized spacial score (nSPS) is 11.6. The molecule has 5 N–H and O–H groups in total. The van der Waals surface area contributed by atoms with E-state index in [0.717, 1.165) is 27.1 Å². The number of rotatable bonds is 8. The van der Waals surface area contributed by atoms with Crippen LogP contribution >= 0.6 is 11.8 Å². The molecular weight excluding hydrogens is 414 g/mol. The van der Waals surface area contributed by atoms with E-state index in [1.807, 2.05) is 18.5 Å². The first-order valence-corrected chi connectivity index (χ1v) is 10.2. The molecule has 0 atom stereocenters.